The summed E-state index contributed by atoms with van der Waals surface area (Å²) in [5, 5.41) is 0. The first-order chi connectivity index (χ1) is 8.11. The number of hydrogen-bond acceptors (Lipinski definition) is 2. The van der Waals surface area contributed by atoms with Crippen molar-refractivity contribution in [1.82, 2.24) is 4.90 Å². The lowest BCUT2D eigenvalue weighted by molar-refractivity contribution is 0.248. The molecule has 2 N–H and O–H groups in total. The van der Waals surface area contributed by atoms with Crippen LogP contribution in [0.15, 0.2) is 18.2 Å². The molecule has 1 aromatic carbocycles. The van der Waals surface area contributed by atoms with Crippen molar-refractivity contribution < 1.29 is 8.78 Å². The molecule has 0 aromatic heterocycles. The van der Waals surface area contributed by atoms with Crippen LogP contribution in [0.4, 0.5) is 8.78 Å². The molecule has 0 spiro atoms. The molecule has 1 aromatic rings. The van der Waals surface area contributed by atoms with E-state index in [4.69, 9.17) is 5.73 Å². The maximum Gasteiger partial charge on any atom is 0.130 e. The number of nitrogens with zero attached hydrogens (tertiary/aromatic N) is 1. The Bertz CT molecular complexity index is 375. The smallest absolute Gasteiger partial charge is 0.130 e. The van der Waals surface area contributed by atoms with E-state index in [9.17, 15) is 8.78 Å². The summed E-state index contributed by atoms with van der Waals surface area (Å²) in [5.41, 5.74) is 5.80. The number of halogens is 2. The third-order valence-corrected chi connectivity index (χ3v) is 3.55. The molecule has 17 heavy (non-hydrogen) atoms. The number of nitrogens with two attached hydrogens (primary N) is 1. The molecular formula is C13H18F2N2. The van der Waals surface area contributed by atoms with Crippen molar-refractivity contribution in [3.05, 3.63) is 35.4 Å². The molecule has 4 heteroatoms. The highest BCUT2D eigenvalue weighted by atomic mass is 19.1. The Morgan fingerprint density at radius 2 is 2.00 bits per heavy atom. The normalized spacial score (nSPS) is 25.4. The highest BCUT2D eigenvalue weighted by molar-refractivity contribution is 5.19. The summed E-state index contributed by atoms with van der Waals surface area (Å²) in [6.07, 6.45) is 1.01. The van der Waals surface area contributed by atoms with E-state index in [1.807, 2.05) is 0 Å². The topological polar surface area (TPSA) is 29.3 Å². The van der Waals surface area contributed by atoms with Crippen LogP contribution in [0.2, 0.25) is 0 Å². The zero-order valence-corrected chi connectivity index (χ0v) is 10.00. The van der Waals surface area contributed by atoms with Crippen molar-refractivity contribution in [3.8, 4) is 0 Å². The predicted octanol–water partition coefficient (Wildman–Crippen LogP) is 2.13. The van der Waals surface area contributed by atoms with Crippen LogP contribution in [-0.2, 0) is 6.54 Å². The molecule has 1 heterocycles. The fourth-order valence-electron chi connectivity index (χ4n) is 2.50. The average molecular weight is 240 g/mol. The summed E-state index contributed by atoms with van der Waals surface area (Å²) < 4.78 is 27.0. The molecule has 94 valence electrons. The van der Waals surface area contributed by atoms with Crippen molar-refractivity contribution in [2.24, 2.45) is 11.7 Å². The Kier molecular flexibility index (Phi) is 3.74. The van der Waals surface area contributed by atoms with Gasteiger partial charge in [0, 0.05) is 24.7 Å². The molecule has 0 amide bonds. The molecular weight excluding hydrogens is 222 g/mol. The van der Waals surface area contributed by atoms with E-state index in [0.717, 1.165) is 13.0 Å². The summed E-state index contributed by atoms with van der Waals surface area (Å²) in [6, 6.07) is 4.34. The molecule has 2 rings (SSSR count). The quantitative estimate of drug-likeness (QED) is 0.877. The Balaban J connectivity index is 2.11. The molecule has 1 saturated heterocycles. The van der Waals surface area contributed by atoms with Gasteiger partial charge in [0.15, 0.2) is 0 Å². The van der Waals surface area contributed by atoms with E-state index in [-0.39, 0.29) is 5.56 Å². The van der Waals surface area contributed by atoms with Crippen LogP contribution in [0.3, 0.4) is 0 Å². The summed E-state index contributed by atoms with van der Waals surface area (Å²) in [4.78, 5) is 2.10. The van der Waals surface area contributed by atoms with Gasteiger partial charge in [0.05, 0.1) is 0 Å². The first kappa shape index (κ1) is 12.5. The minimum absolute atomic E-state index is 0.164. The lowest BCUT2D eigenvalue weighted by Gasteiger charge is -2.21. The number of benzene rings is 1. The highest BCUT2D eigenvalue weighted by Gasteiger charge is 2.29. The second kappa shape index (κ2) is 5.10. The summed E-state index contributed by atoms with van der Waals surface area (Å²) >= 11 is 0. The average Bonchev–Trinajstić information content (AvgIpc) is 2.65. The lowest BCUT2D eigenvalue weighted by atomic mass is 10.1. The van der Waals surface area contributed by atoms with E-state index in [2.05, 4.69) is 11.8 Å². The van der Waals surface area contributed by atoms with Gasteiger partial charge in [-0.3, -0.25) is 4.90 Å². The summed E-state index contributed by atoms with van der Waals surface area (Å²) in [6.45, 7) is 3.87. The fraction of sp³-hybridized carbons (Fsp3) is 0.538. The van der Waals surface area contributed by atoms with Crippen LogP contribution < -0.4 is 5.73 Å². The van der Waals surface area contributed by atoms with Gasteiger partial charge in [0.25, 0.3) is 0 Å². The molecule has 1 aliphatic rings. The van der Waals surface area contributed by atoms with Gasteiger partial charge >= 0.3 is 0 Å². The van der Waals surface area contributed by atoms with E-state index in [1.165, 1.54) is 18.2 Å². The van der Waals surface area contributed by atoms with E-state index < -0.39 is 11.6 Å². The highest BCUT2D eigenvalue weighted by Crippen LogP contribution is 2.25. The van der Waals surface area contributed by atoms with Crippen molar-refractivity contribution in [2.45, 2.75) is 25.9 Å². The second-order valence-corrected chi connectivity index (χ2v) is 4.82. The van der Waals surface area contributed by atoms with Crippen LogP contribution in [-0.4, -0.2) is 24.0 Å². The Morgan fingerprint density at radius 1 is 1.35 bits per heavy atom. The molecule has 0 aliphatic carbocycles. The Hall–Kier alpha value is -1.00. The molecule has 1 aliphatic heterocycles. The van der Waals surface area contributed by atoms with Gasteiger partial charge in [0.1, 0.15) is 11.6 Å². The van der Waals surface area contributed by atoms with Crippen LogP contribution in [0.5, 0.6) is 0 Å². The predicted molar refractivity (Wildman–Crippen MR) is 63.4 cm³/mol. The Morgan fingerprint density at radius 3 is 2.53 bits per heavy atom. The number of hydrogen-bond donors (Lipinski definition) is 1. The second-order valence-electron chi connectivity index (χ2n) is 4.82. The van der Waals surface area contributed by atoms with Gasteiger partial charge in [0.2, 0.25) is 0 Å². The third-order valence-electron chi connectivity index (χ3n) is 3.55. The molecule has 2 unspecified atom stereocenters. The third kappa shape index (κ3) is 2.64. The maximum absolute atomic E-state index is 13.5. The standard InChI is InChI=1S/C13H18F2N2/c1-9-5-10(6-16)7-17(9)8-11-12(14)3-2-4-13(11)15/h2-4,9-10H,5-8,16H2,1H3. The van der Waals surface area contributed by atoms with Crippen molar-refractivity contribution in [2.75, 3.05) is 13.1 Å². The SMILES string of the molecule is CC1CC(CN)CN1Cc1c(F)cccc1F. The van der Waals surface area contributed by atoms with Gasteiger partial charge in [-0.2, -0.15) is 0 Å². The largest absolute Gasteiger partial charge is 0.330 e. The van der Waals surface area contributed by atoms with Crippen LogP contribution in [0.1, 0.15) is 18.9 Å². The first-order valence-electron chi connectivity index (χ1n) is 5.98. The van der Waals surface area contributed by atoms with Gasteiger partial charge in [-0.25, -0.2) is 8.78 Å². The monoisotopic (exact) mass is 240 g/mol. The zero-order chi connectivity index (χ0) is 12.4. The van der Waals surface area contributed by atoms with Gasteiger partial charge < -0.3 is 5.73 Å². The van der Waals surface area contributed by atoms with Crippen molar-refractivity contribution in [1.29, 1.82) is 0 Å². The molecule has 0 bridgehead atoms. The summed E-state index contributed by atoms with van der Waals surface area (Å²) in [5.74, 6) is -0.485. The minimum atomic E-state index is -0.464. The first-order valence-corrected chi connectivity index (χ1v) is 5.98. The molecule has 2 atom stereocenters. The van der Waals surface area contributed by atoms with E-state index >= 15 is 0 Å². The van der Waals surface area contributed by atoms with Crippen LogP contribution in [0.25, 0.3) is 0 Å². The summed E-state index contributed by atoms with van der Waals surface area (Å²) in [7, 11) is 0. The number of rotatable bonds is 3. The minimum Gasteiger partial charge on any atom is -0.330 e. The molecule has 0 saturated carbocycles. The lowest BCUT2D eigenvalue weighted by Crippen LogP contribution is -2.28. The van der Waals surface area contributed by atoms with E-state index in [0.29, 0.717) is 25.0 Å². The fourth-order valence-corrected chi connectivity index (χ4v) is 2.50. The van der Waals surface area contributed by atoms with Crippen molar-refractivity contribution >= 4 is 0 Å². The van der Waals surface area contributed by atoms with Crippen LogP contribution >= 0.6 is 0 Å². The van der Waals surface area contributed by atoms with Gasteiger partial charge in [-0.1, -0.05) is 6.07 Å². The molecule has 1 fully saturated rings. The maximum atomic E-state index is 13.5. The van der Waals surface area contributed by atoms with Gasteiger partial charge in [-0.15, -0.1) is 0 Å². The van der Waals surface area contributed by atoms with Crippen LogP contribution in [0, 0.1) is 17.6 Å². The van der Waals surface area contributed by atoms with Crippen molar-refractivity contribution in [3.63, 3.8) is 0 Å². The number of likely N-dealkylation sites (tertiary alicyclic amines) is 1. The van der Waals surface area contributed by atoms with E-state index in [1.54, 1.807) is 0 Å². The van der Waals surface area contributed by atoms with Gasteiger partial charge in [-0.05, 0) is 37.9 Å². The molecule has 2 nitrogen and oxygen atoms in total. The Labute approximate surface area is 100 Å². The molecule has 0 radical (unpaired) electrons. The zero-order valence-electron chi connectivity index (χ0n) is 10.00.